The largest absolute Gasteiger partial charge is 0.379 e. The van der Waals surface area contributed by atoms with Crippen LogP contribution in [0.4, 0.5) is 0 Å². The van der Waals surface area contributed by atoms with E-state index < -0.39 is 6.29 Å². The first kappa shape index (κ1) is 20.4. The molecule has 0 aliphatic carbocycles. The topological polar surface area (TPSA) is 59.6 Å². The van der Waals surface area contributed by atoms with Crippen molar-refractivity contribution >= 4 is 0 Å². The summed E-state index contributed by atoms with van der Waals surface area (Å²) in [5.41, 5.74) is 4.02. The molecule has 0 atom stereocenters. The maximum atomic E-state index is 6.19. The molecule has 6 heteroatoms. The number of morpholine rings is 1. The number of nitrogens with one attached hydrogen (secondary N) is 1. The normalized spacial score (nSPS) is 24.9. The average molecular weight is 420 g/mol. The maximum Gasteiger partial charge on any atom is 0.217 e. The summed E-state index contributed by atoms with van der Waals surface area (Å²) in [5, 5.41) is 0. The minimum Gasteiger partial charge on any atom is -0.379 e. The first-order valence-corrected chi connectivity index (χ1v) is 10.9. The van der Waals surface area contributed by atoms with E-state index in [9.17, 15) is 0 Å². The van der Waals surface area contributed by atoms with Crippen LogP contribution in [0.2, 0.25) is 0 Å². The van der Waals surface area contributed by atoms with E-state index in [1.54, 1.807) is 0 Å². The number of benzene rings is 2. The van der Waals surface area contributed by atoms with Crippen LogP contribution in [0, 0.1) is 5.41 Å². The highest BCUT2D eigenvalue weighted by Gasteiger charge is 2.36. The quantitative estimate of drug-likeness (QED) is 0.674. The average Bonchev–Trinajstić information content (AvgIpc) is 3.27. The standard InChI is InChI=1S/C25H29N3O3/c1-25(16-28-12-14-29-15-13-28)17-30-24(31-18-25)23-26-21(19-8-4-2-5-9-19)22(27-23)20-10-6-3-7-11-20/h2-11,24H,12-18H2,1H3,(H,26,27)/t24-,25+. The van der Waals surface area contributed by atoms with E-state index in [-0.39, 0.29) is 5.41 Å². The van der Waals surface area contributed by atoms with Crippen LogP contribution in [0.1, 0.15) is 19.0 Å². The van der Waals surface area contributed by atoms with Gasteiger partial charge in [-0.2, -0.15) is 0 Å². The molecule has 162 valence electrons. The SMILES string of the molecule is C[C@]1(CN2CCOCC2)CO[C@@H](c2nc(-c3ccccc3)c(-c3ccccc3)[nH]2)OC1. The number of hydrogen-bond donors (Lipinski definition) is 1. The van der Waals surface area contributed by atoms with Crippen LogP contribution in [-0.2, 0) is 14.2 Å². The molecule has 2 aromatic carbocycles. The lowest BCUT2D eigenvalue weighted by molar-refractivity contribution is -0.237. The molecule has 0 saturated carbocycles. The van der Waals surface area contributed by atoms with Crippen molar-refractivity contribution in [3.05, 3.63) is 66.5 Å². The Hall–Kier alpha value is -2.51. The van der Waals surface area contributed by atoms with Gasteiger partial charge in [0.15, 0.2) is 5.82 Å². The molecule has 1 N–H and O–H groups in total. The van der Waals surface area contributed by atoms with Crippen molar-refractivity contribution in [1.82, 2.24) is 14.9 Å². The number of rotatable bonds is 5. The van der Waals surface area contributed by atoms with Crippen molar-refractivity contribution in [2.24, 2.45) is 5.41 Å². The molecule has 2 saturated heterocycles. The monoisotopic (exact) mass is 419 g/mol. The fourth-order valence-electron chi connectivity index (χ4n) is 4.31. The van der Waals surface area contributed by atoms with E-state index in [1.165, 1.54) is 0 Å². The van der Waals surface area contributed by atoms with E-state index >= 15 is 0 Å². The van der Waals surface area contributed by atoms with Gasteiger partial charge in [-0.3, -0.25) is 4.90 Å². The summed E-state index contributed by atoms with van der Waals surface area (Å²) >= 11 is 0. The second kappa shape index (κ2) is 8.93. The fourth-order valence-corrected chi connectivity index (χ4v) is 4.31. The van der Waals surface area contributed by atoms with Gasteiger partial charge in [0.25, 0.3) is 0 Å². The lowest BCUT2D eigenvalue weighted by atomic mass is 9.91. The fraction of sp³-hybridized carbons (Fsp3) is 0.400. The first-order chi connectivity index (χ1) is 15.2. The Labute approximate surface area is 183 Å². The van der Waals surface area contributed by atoms with E-state index in [0.717, 1.165) is 55.4 Å². The zero-order valence-corrected chi connectivity index (χ0v) is 17.9. The number of nitrogens with zero attached hydrogens (tertiary/aromatic N) is 2. The molecular weight excluding hydrogens is 390 g/mol. The van der Waals surface area contributed by atoms with Gasteiger partial charge >= 0.3 is 0 Å². The zero-order chi connectivity index (χ0) is 21.1. The summed E-state index contributed by atoms with van der Waals surface area (Å²) in [6.07, 6.45) is -0.488. The predicted molar refractivity (Wildman–Crippen MR) is 119 cm³/mol. The Balaban J connectivity index is 1.36. The second-order valence-electron chi connectivity index (χ2n) is 8.73. The van der Waals surface area contributed by atoms with Crippen molar-refractivity contribution in [2.45, 2.75) is 13.2 Å². The molecule has 3 heterocycles. The molecule has 2 fully saturated rings. The van der Waals surface area contributed by atoms with Gasteiger partial charge in [0, 0.05) is 36.2 Å². The summed E-state index contributed by atoms with van der Waals surface area (Å²) in [5.74, 6) is 0.714. The van der Waals surface area contributed by atoms with Gasteiger partial charge in [0.05, 0.1) is 37.8 Å². The van der Waals surface area contributed by atoms with Gasteiger partial charge in [-0.25, -0.2) is 4.98 Å². The Morgan fingerprint density at radius 2 is 1.55 bits per heavy atom. The van der Waals surface area contributed by atoms with E-state index in [0.29, 0.717) is 19.0 Å². The molecule has 31 heavy (non-hydrogen) atoms. The number of ether oxygens (including phenoxy) is 3. The lowest BCUT2D eigenvalue weighted by Crippen LogP contribution is -2.48. The van der Waals surface area contributed by atoms with E-state index in [4.69, 9.17) is 19.2 Å². The molecule has 0 unspecified atom stereocenters. The highest BCUT2D eigenvalue weighted by atomic mass is 16.7. The molecule has 1 aromatic heterocycles. The van der Waals surface area contributed by atoms with Gasteiger partial charge in [-0.05, 0) is 0 Å². The summed E-state index contributed by atoms with van der Waals surface area (Å²) in [4.78, 5) is 10.8. The van der Waals surface area contributed by atoms with Crippen molar-refractivity contribution in [2.75, 3.05) is 46.1 Å². The van der Waals surface area contributed by atoms with E-state index in [2.05, 4.69) is 41.1 Å². The molecule has 0 bridgehead atoms. The number of H-pyrrole nitrogens is 1. The molecule has 0 spiro atoms. The van der Waals surface area contributed by atoms with Crippen LogP contribution in [-0.4, -0.2) is 60.9 Å². The number of aromatic amines is 1. The van der Waals surface area contributed by atoms with Crippen LogP contribution in [0.3, 0.4) is 0 Å². The van der Waals surface area contributed by atoms with Gasteiger partial charge in [0.1, 0.15) is 0 Å². The summed E-state index contributed by atoms with van der Waals surface area (Å²) in [6, 6.07) is 20.5. The van der Waals surface area contributed by atoms with Gasteiger partial charge in [-0.1, -0.05) is 67.6 Å². The van der Waals surface area contributed by atoms with Crippen molar-refractivity contribution < 1.29 is 14.2 Å². The molecule has 6 nitrogen and oxygen atoms in total. The third-order valence-corrected chi connectivity index (χ3v) is 5.93. The van der Waals surface area contributed by atoms with Crippen LogP contribution in [0.5, 0.6) is 0 Å². The number of hydrogen-bond acceptors (Lipinski definition) is 5. The molecular formula is C25H29N3O3. The first-order valence-electron chi connectivity index (χ1n) is 10.9. The smallest absolute Gasteiger partial charge is 0.217 e. The molecule has 0 radical (unpaired) electrons. The third kappa shape index (κ3) is 4.57. The molecule has 2 aliphatic heterocycles. The van der Waals surface area contributed by atoms with Crippen molar-refractivity contribution in [1.29, 1.82) is 0 Å². The van der Waals surface area contributed by atoms with Gasteiger partial charge in [-0.15, -0.1) is 0 Å². The van der Waals surface area contributed by atoms with Crippen LogP contribution in [0.15, 0.2) is 60.7 Å². The Kier molecular flexibility index (Phi) is 5.87. The van der Waals surface area contributed by atoms with Gasteiger partial charge < -0.3 is 19.2 Å². The van der Waals surface area contributed by atoms with Crippen LogP contribution >= 0.6 is 0 Å². The van der Waals surface area contributed by atoms with Crippen molar-refractivity contribution in [3.63, 3.8) is 0 Å². The highest BCUT2D eigenvalue weighted by Crippen LogP contribution is 2.36. The highest BCUT2D eigenvalue weighted by molar-refractivity contribution is 5.78. The summed E-state index contributed by atoms with van der Waals surface area (Å²) < 4.78 is 17.8. The second-order valence-corrected chi connectivity index (χ2v) is 8.73. The molecule has 2 aliphatic rings. The summed E-state index contributed by atoms with van der Waals surface area (Å²) in [7, 11) is 0. The minimum absolute atomic E-state index is 0.0368. The number of aromatic nitrogens is 2. The zero-order valence-electron chi connectivity index (χ0n) is 17.9. The Morgan fingerprint density at radius 1 is 0.935 bits per heavy atom. The molecule has 0 amide bonds. The minimum atomic E-state index is -0.488. The van der Waals surface area contributed by atoms with Gasteiger partial charge in [0.2, 0.25) is 6.29 Å². The predicted octanol–water partition coefficient (Wildman–Crippen LogP) is 4.13. The van der Waals surface area contributed by atoms with E-state index in [1.807, 2.05) is 36.4 Å². The Morgan fingerprint density at radius 3 is 2.19 bits per heavy atom. The molecule has 3 aromatic rings. The third-order valence-electron chi connectivity index (χ3n) is 5.93. The lowest BCUT2D eigenvalue weighted by Gasteiger charge is -2.40. The number of imidazole rings is 1. The molecule has 5 rings (SSSR count). The van der Waals surface area contributed by atoms with Crippen LogP contribution < -0.4 is 0 Å². The van der Waals surface area contributed by atoms with Crippen LogP contribution in [0.25, 0.3) is 22.5 Å². The Bertz CT molecular complexity index is 919. The maximum absolute atomic E-state index is 6.19. The summed E-state index contributed by atoms with van der Waals surface area (Å²) in [6.45, 7) is 8.00. The van der Waals surface area contributed by atoms with Crippen molar-refractivity contribution in [3.8, 4) is 22.5 Å².